The molecule has 6 heteroatoms. The van der Waals surface area contributed by atoms with E-state index in [0.717, 1.165) is 43.3 Å². The highest BCUT2D eigenvalue weighted by Crippen LogP contribution is 2.20. The van der Waals surface area contributed by atoms with E-state index in [-0.39, 0.29) is 0 Å². The van der Waals surface area contributed by atoms with Gasteiger partial charge in [-0.25, -0.2) is 0 Å². The van der Waals surface area contributed by atoms with Gasteiger partial charge < -0.3 is 9.67 Å². The molecule has 1 fully saturated rings. The summed E-state index contributed by atoms with van der Waals surface area (Å²) in [4.78, 5) is 4.69. The Kier molecular flexibility index (Phi) is 5.28. The number of hydrogen-bond acceptors (Lipinski definition) is 5. The number of rotatable bonds is 6. The third-order valence-corrected chi connectivity index (χ3v) is 5.06. The molecule has 24 heavy (non-hydrogen) atoms. The van der Waals surface area contributed by atoms with E-state index >= 15 is 0 Å². The summed E-state index contributed by atoms with van der Waals surface area (Å²) in [5, 5.41) is 18.8. The molecule has 0 spiro atoms. The van der Waals surface area contributed by atoms with Gasteiger partial charge in [0.1, 0.15) is 11.6 Å². The third kappa shape index (κ3) is 3.83. The summed E-state index contributed by atoms with van der Waals surface area (Å²) in [6.07, 6.45) is 0.700. The van der Waals surface area contributed by atoms with Crippen molar-refractivity contribution in [2.75, 3.05) is 26.7 Å². The monoisotopic (exact) mass is 329 g/mol. The van der Waals surface area contributed by atoms with Crippen LogP contribution in [0.15, 0.2) is 30.3 Å². The first-order chi connectivity index (χ1) is 11.5. The fraction of sp³-hybridized carbons (Fsp3) is 0.556. The van der Waals surface area contributed by atoms with E-state index in [4.69, 9.17) is 0 Å². The van der Waals surface area contributed by atoms with Gasteiger partial charge in [0.2, 0.25) is 0 Å². The van der Waals surface area contributed by atoms with E-state index in [0.29, 0.717) is 12.6 Å². The number of β-amino-alcohol motifs (C(OH)–C–C–N with tert-alkyl or cyclic N) is 1. The molecular formula is C18H27N5O. The van der Waals surface area contributed by atoms with Crippen molar-refractivity contribution in [2.45, 2.75) is 32.0 Å². The summed E-state index contributed by atoms with van der Waals surface area (Å²) in [5.74, 6) is 1.94. The molecule has 0 saturated carbocycles. The quantitative estimate of drug-likeness (QED) is 0.867. The van der Waals surface area contributed by atoms with Crippen molar-refractivity contribution in [3.05, 3.63) is 47.5 Å². The van der Waals surface area contributed by atoms with Crippen LogP contribution < -0.4 is 0 Å². The second-order valence-electron chi connectivity index (χ2n) is 6.77. The molecule has 1 N–H and O–H groups in total. The van der Waals surface area contributed by atoms with Crippen molar-refractivity contribution < 1.29 is 5.11 Å². The molecule has 3 rings (SSSR count). The number of likely N-dealkylation sites (N-methyl/N-ethyl adjacent to an activating group) is 1. The molecule has 130 valence electrons. The summed E-state index contributed by atoms with van der Waals surface area (Å²) < 4.78 is 2.04. The van der Waals surface area contributed by atoms with Gasteiger partial charge in [0, 0.05) is 26.2 Å². The number of nitrogens with zero attached hydrogens (tertiary/aromatic N) is 5. The number of aliphatic hydroxyl groups excluding tert-OH is 1. The van der Waals surface area contributed by atoms with Crippen molar-refractivity contribution in [1.29, 1.82) is 0 Å². The van der Waals surface area contributed by atoms with E-state index in [1.54, 1.807) is 0 Å². The second kappa shape index (κ2) is 7.42. The Morgan fingerprint density at radius 1 is 1.29 bits per heavy atom. The average Bonchev–Trinajstić information content (AvgIpc) is 3.18. The maximum Gasteiger partial charge on any atom is 0.146 e. The van der Waals surface area contributed by atoms with Crippen LogP contribution in [-0.4, -0.2) is 62.4 Å². The minimum absolute atomic E-state index is 0.420. The lowest BCUT2D eigenvalue weighted by atomic mass is 10.1. The Labute approximate surface area is 143 Å². The van der Waals surface area contributed by atoms with Crippen LogP contribution in [0.3, 0.4) is 0 Å². The standard InChI is InChI=1S/C18H27N5O/c1-14-19-20-18(22(14)3)13-21(2)16-9-10-23(11-16)12-17(24)15-7-5-4-6-8-15/h4-8,16-17,24H,9-13H2,1-3H3/t16-,17-/m1/s1. The third-order valence-electron chi connectivity index (χ3n) is 5.06. The van der Waals surface area contributed by atoms with Crippen LogP contribution in [0, 0.1) is 6.92 Å². The van der Waals surface area contributed by atoms with Crippen molar-refractivity contribution in [3.63, 3.8) is 0 Å². The molecule has 2 heterocycles. The molecule has 1 saturated heterocycles. The molecule has 2 atom stereocenters. The molecule has 0 amide bonds. The van der Waals surface area contributed by atoms with Gasteiger partial charge in [-0.15, -0.1) is 10.2 Å². The first kappa shape index (κ1) is 17.1. The van der Waals surface area contributed by atoms with Crippen molar-refractivity contribution in [2.24, 2.45) is 7.05 Å². The zero-order valence-corrected chi connectivity index (χ0v) is 14.8. The minimum Gasteiger partial charge on any atom is -0.387 e. The Balaban J connectivity index is 1.52. The van der Waals surface area contributed by atoms with E-state index < -0.39 is 6.10 Å². The van der Waals surface area contributed by atoms with Crippen molar-refractivity contribution in [3.8, 4) is 0 Å². The van der Waals surface area contributed by atoms with Gasteiger partial charge in [0.15, 0.2) is 0 Å². The van der Waals surface area contributed by atoms with Crippen LogP contribution >= 0.6 is 0 Å². The van der Waals surface area contributed by atoms with E-state index in [9.17, 15) is 5.11 Å². The fourth-order valence-electron chi connectivity index (χ4n) is 3.30. The number of likely N-dealkylation sites (tertiary alicyclic amines) is 1. The van der Waals surface area contributed by atoms with Gasteiger partial charge >= 0.3 is 0 Å². The lowest BCUT2D eigenvalue weighted by molar-refractivity contribution is 0.120. The topological polar surface area (TPSA) is 57.4 Å². The van der Waals surface area contributed by atoms with Crippen molar-refractivity contribution in [1.82, 2.24) is 24.6 Å². The number of aryl methyl sites for hydroxylation is 1. The molecule has 1 aliphatic rings. The predicted molar refractivity (Wildman–Crippen MR) is 93.5 cm³/mol. The zero-order chi connectivity index (χ0) is 17.1. The Morgan fingerprint density at radius 3 is 2.71 bits per heavy atom. The minimum atomic E-state index is -0.420. The summed E-state index contributed by atoms with van der Waals surface area (Å²) >= 11 is 0. The molecule has 0 bridgehead atoms. The van der Waals surface area contributed by atoms with Gasteiger partial charge in [-0.2, -0.15) is 0 Å². The van der Waals surface area contributed by atoms with Gasteiger partial charge in [-0.05, 0) is 32.5 Å². The first-order valence-corrected chi connectivity index (χ1v) is 8.55. The Hall–Kier alpha value is -1.76. The molecule has 2 aromatic rings. The van der Waals surface area contributed by atoms with Crippen LogP contribution in [0.1, 0.15) is 29.7 Å². The van der Waals surface area contributed by atoms with Gasteiger partial charge in [-0.1, -0.05) is 30.3 Å². The van der Waals surface area contributed by atoms with Crippen LogP contribution in [-0.2, 0) is 13.6 Å². The highest BCUT2D eigenvalue weighted by Gasteiger charge is 2.28. The van der Waals surface area contributed by atoms with E-state index in [1.165, 1.54) is 0 Å². The Morgan fingerprint density at radius 2 is 2.04 bits per heavy atom. The second-order valence-corrected chi connectivity index (χ2v) is 6.77. The lowest BCUT2D eigenvalue weighted by Gasteiger charge is -2.25. The molecule has 1 aromatic heterocycles. The molecule has 0 aliphatic carbocycles. The predicted octanol–water partition coefficient (Wildman–Crippen LogP) is 1.36. The van der Waals surface area contributed by atoms with Gasteiger partial charge in [-0.3, -0.25) is 9.80 Å². The molecule has 0 radical (unpaired) electrons. The van der Waals surface area contributed by atoms with Crippen LogP contribution in [0.25, 0.3) is 0 Å². The van der Waals surface area contributed by atoms with Crippen LogP contribution in [0.5, 0.6) is 0 Å². The SMILES string of the molecule is Cc1nnc(CN(C)[C@@H]2CCN(C[C@@H](O)c3ccccc3)C2)n1C. The van der Waals surface area contributed by atoms with E-state index in [1.807, 2.05) is 48.9 Å². The number of hydrogen-bond donors (Lipinski definition) is 1. The molecule has 0 unspecified atom stereocenters. The normalized spacial score (nSPS) is 20.0. The summed E-state index contributed by atoms with van der Waals surface area (Å²) in [6.45, 7) is 5.47. The van der Waals surface area contributed by atoms with Gasteiger partial charge in [0.05, 0.1) is 12.6 Å². The summed E-state index contributed by atoms with van der Waals surface area (Å²) in [5.41, 5.74) is 0.990. The van der Waals surface area contributed by atoms with E-state index in [2.05, 4.69) is 27.0 Å². The van der Waals surface area contributed by atoms with Crippen LogP contribution in [0.4, 0.5) is 0 Å². The van der Waals surface area contributed by atoms with Crippen molar-refractivity contribution >= 4 is 0 Å². The van der Waals surface area contributed by atoms with Gasteiger partial charge in [0.25, 0.3) is 0 Å². The maximum atomic E-state index is 10.4. The highest BCUT2D eigenvalue weighted by molar-refractivity contribution is 5.17. The summed E-state index contributed by atoms with van der Waals surface area (Å²) in [7, 11) is 4.15. The molecule has 6 nitrogen and oxygen atoms in total. The lowest BCUT2D eigenvalue weighted by Crippen LogP contribution is -2.35. The Bertz CT molecular complexity index is 657. The number of aliphatic hydroxyl groups is 1. The first-order valence-electron chi connectivity index (χ1n) is 8.55. The maximum absolute atomic E-state index is 10.4. The summed E-state index contributed by atoms with van der Waals surface area (Å²) in [6, 6.07) is 10.4. The number of benzene rings is 1. The van der Waals surface area contributed by atoms with Crippen LogP contribution in [0.2, 0.25) is 0 Å². The smallest absolute Gasteiger partial charge is 0.146 e. The molecular weight excluding hydrogens is 302 g/mol. The highest BCUT2D eigenvalue weighted by atomic mass is 16.3. The number of aromatic nitrogens is 3. The average molecular weight is 329 g/mol. The largest absolute Gasteiger partial charge is 0.387 e. The fourth-order valence-corrected chi connectivity index (χ4v) is 3.30. The molecule has 1 aromatic carbocycles. The zero-order valence-electron chi connectivity index (χ0n) is 14.8. The molecule has 1 aliphatic heterocycles.